The minimum absolute atomic E-state index is 0.170. The van der Waals surface area contributed by atoms with Gasteiger partial charge in [0, 0.05) is 12.3 Å². The summed E-state index contributed by atoms with van der Waals surface area (Å²) in [6.07, 6.45) is 3.45. The smallest absolute Gasteiger partial charge is 0.145 e. The number of hydrogen-bond donors (Lipinski definition) is 2. The topological polar surface area (TPSA) is 58.0 Å². The molecule has 1 atom stereocenters. The molecule has 1 heterocycles. The number of thioether (sulfide) groups is 1. The van der Waals surface area contributed by atoms with Gasteiger partial charge in [0.15, 0.2) is 0 Å². The Morgan fingerprint density at radius 2 is 1.95 bits per heavy atom. The summed E-state index contributed by atoms with van der Waals surface area (Å²) in [6, 6.07) is 10.3. The second kappa shape index (κ2) is 7.61. The number of rotatable bonds is 7. The van der Waals surface area contributed by atoms with Gasteiger partial charge in [-0.05, 0) is 18.4 Å². The van der Waals surface area contributed by atoms with Crippen LogP contribution in [0.3, 0.4) is 0 Å². The number of aromatic nitrogens is 2. The molecule has 0 amide bonds. The number of aliphatic hydroxyl groups is 1. The molecule has 1 unspecified atom stereocenters. The van der Waals surface area contributed by atoms with Crippen LogP contribution in [0.15, 0.2) is 47.8 Å². The first kappa shape index (κ1) is 16.8. The maximum absolute atomic E-state index is 10.3. The fourth-order valence-corrected chi connectivity index (χ4v) is 2.51. The molecule has 0 fully saturated rings. The van der Waals surface area contributed by atoms with Crippen LogP contribution < -0.4 is 5.32 Å². The van der Waals surface area contributed by atoms with Gasteiger partial charge in [0.05, 0.1) is 18.0 Å². The second-order valence-electron chi connectivity index (χ2n) is 5.88. The van der Waals surface area contributed by atoms with Gasteiger partial charge in [-0.15, -0.1) is 11.8 Å². The molecule has 118 valence electrons. The summed E-state index contributed by atoms with van der Waals surface area (Å²) in [5, 5.41) is 14.3. The van der Waals surface area contributed by atoms with E-state index in [0.717, 1.165) is 10.8 Å². The summed E-state index contributed by atoms with van der Waals surface area (Å²) in [4.78, 5) is 8.74. The molecule has 1 aromatic carbocycles. The molecule has 1 aromatic heterocycles. The van der Waals surface area contributed by atoms with Crippen LogP contribution >= 0.6 is 11.8 Å². The Morgan fingerprint density at radius 1 is 1.23 bits per heavy atom. The molecule has 0 aliphatic rings. The van der Waals surface area contributed by atoms with Gasteiger partial charge in [-0.25, -0.2) is 4.98 Å². The highest BCUT2D eigenvalue weighted by Gasteiger charge is 2.24. The number of nitrogens with one attached hydrogen (secondary N) is 1. The van der Waals surface area contributed by atoms with Crippen molar-refractivity contribution in [1.82, 2.24) is 9.97 Å². The molecule has 2 rings (SSSR count). The van der Waals surface area contributed by atoms with Crippen LogP contribution in [0.25, 0.3) is 0 Å². The Hall–Kier alpha value is -1.59. The van der Waals surface area contributed by atoms with E-state index in [0.29, 0.717) is 12.4 Å². The van der Waals surface area contributed by atoms with Crippen LogP contribution in [0.4, 0.5) is 5.82 Å². The molecule has 0 bridgehead atoms. The van der Waals surface area contributed by atoms with Crippen molar-refractivity contribution in [3.05, 3.63) is 48.3 Å². The van der Waals surface area contributed by atoms with Crippen LogP contribution in [0, 0.1) is 5.92 Å². The molecule has 0 spiro atoms. The molecular weight excluding hydrogens is 294 g/mol. The third-order valence-corrected chi connectivity index (χ3v) is 4.68. The van der Waals surface area contributed by atoms with Crippen LogP contribution in [-0.4, -0.2) is 27.2 Å². The van der Waals surface area contributed by atoms with E-state index in [1.807, 2.05) is 39.0 Å². The lowest BCUT2D eigenvalue weighted by Crippen LogP contribution is -2.38. The Bertz CT molecular complexity index is 587. The monoisotopic (exact) mass is 317 g/mol. The Balaban J connectivity index is 1.92. The van der Waals surface area contributed by atoms with Crippen LogP contribution in [0.5, 0.6) is 0 Å². The standard InChI is InChI=1S/C17H23N3OS/c1-13(2)17(3,21)12-19-15-9-18-10-16(20-15)22-11-14-7-5-4-6-8-14/h4-10,13,21H,11-12H2,1-3H3,(H,19,20). The van der Waals surface area contributed by atoms with Crippen molar-refractivity contribution >= 4 is 17.6 Å². The number of benzene rings is 1. The first-order chi connectivity index (χ1) is 10.5. The van der Waals surface area contributed by atoms with E-state index in [2.05, 4.69) is 27.4 Å². The Labute approximate surface area is 136 Å². The summed E-state index contributed by atoms with van der Waals surface area (Å²) in [5.41, 5.74) is 0.491. The molecule has 0 saturated heterocycles. The lowest BCUT2D eigenvalue weighted by atomic mass is 9.93. The third-order valence-electron chi connectivity index (χ3n) is 3.71. The van der Waals surface area contributed by atoms with Gasteiger partial charge in [-0.1, -0.05) is 44.2 Å². The molecule has 0 saturated carbocycles. The van der Waals surface area contributed by atoms with Crippen LogP contribution in [-0.2, 0) is 5.75 Å². The highest BCUT2D eigenvalue weighted by Crippen LogP contribution is 2.22. The quantitative estimate of drug-likeness (QED) is 0.764. The highest BCUT2D eigenvalue weighted by atomic mass is 32.2. The van der Waals surface area contributed by atoms with Gasteiger partial charge in [0.25, 0.3) is 0 Å². The van der Waals surface area contributed by atoms with Gasteiger partial charge in [0.1, 0.15) is 10.8 Å². The van der Waals surface area contributed by atoms with Gasteiger partial charge in [-0.3, -0.25) is 4.98 Å². The van der Waals surface area contributed by atoms with Gasteiger partial charge in [-0.2, -0.15) is 0 Å². The molecule has 4 nitrogen and oxygen atoms in total. The van der Waals surface area contributed by atoms with Crippen LogP contribution in [0.2, 0.25) is 0 Å². The van der Waals surface area contributed by atoms with E-state index >= 15 is 0 Å². The maximum Gasteiger partial charge on any atom is 0.145 e. The summed E-state index contributed by atoms with van der Waals surface area (Å²) in [6.45, 7) is 6.28. The number of nitrogens with zero attached hydrogens (tertiary/aromatic N) is 2. The summed E-state index contributed by atoms with van der Waals surface area (Å²) < 4.78 is 0. The minimum atomic E-state index is -0.769. The van der Waals surface area contributed by atoms with Gasteiger partial charge >= 0.3 is 0 Å². The molecule has 22 heavy (non-hydrogen) atoms. The van der Waals surface area contributed by atoms with Crippen molar-refractivity contribution < 1.29 is 5.11 Å². The SMILES string of the molecule is CC(C)C(C)(O)CNc1cncc(SCc2ccccc2)n1. The maximum atomic E-state index is 10.3. The van der Waals surface area contributed by atoms with E-state index < -0.39 is 5.60 Å². The van der Waals surface area contributed by atoms with Crippen molar-refractivity contribution in [3.8, 4) is 0 Å². The van der Waals surface area contributed by atoms with Gasteiger partial charge in [0.2, 0.25) is 0 Å². The molecule has 2 aromatic rings. The minimum Gasteiger partial charge on any atom is -0.388 e. The Morgan fingerprint density at radius 3 is 2.64 bits per heavy atom. The number of hydrogen-bond acceptors (Lipinski definition) is 5. The first-order valence-electron chi connectivity index (χ1n) is 7.42. The lowest BCUT2D eigenvalue weighted by molar-refractivity contribution is 0.0265. The molecular formula is C17H23N3OS. The van der Waals surface area contributed by atoms with E-state index in [9.17, 15) is 5.11 Å². The van der Waals surface area contributed by atoms with Crippen molar-refractivity contribution in [2.24, 2.45) is 5.92 Å². The van der Waals surface area contributed by atoms with E-state index in [4.69, 9.17) is 0 Å². The molecule has 0 aliphatic carbocycles. The van der Waals surface area contributed by atoms with Crippen molar-refractivity contribution in [3.63, 3.8) is 0 Å². The predicted octanol–water partition coefficient (Wildman–Crippen LogP) is 3.59. The van der Waals surface area contributed by atoms with E-state index in [1.165, 1.54) is 5.56 Å². The summed E-state index contributed by atoms with van der Waals surface area (Å²) >= 11 is 1.65. The fourth-order valence-electron chi connectivity index (χ4n) is 1.71. The second-order valence-corrected chi connectivity index (χ2v) is 6.88. The zero-order valence-corrected chi connectivity index (χ0v) is 14.1. The summed E-state index contributed by atoms with van der Waals surface area (Å²) in [5.74, 6) is 1.73. The van der Waals surface area contributed by atoms with Crippen LogP contribution in [0.1, 0.15) is 26.3 Å². The normalized spacial score (nSPS) is 13.9. The van der Waals surface area contributed by atoms with Crippen molar-refractivity contribution in [1.29, 1.82) is 0 Å². The highest BCUT2D eigenvalue weighted by molar-refractivity contribution is 7.98. The van der Waals surface area contributed by atoms with Crippen molar-refractivity contribution in [2.45, 2.75) is 37.2 Å². The van der Waals surface area contributed by atoms with E-state index in [-0.39, 0.29) is 5.92 Å². The lowest BCUT2D eigenvalue weighted by Gasteiger charge is -2.28. The molecule has 5 heteroatoms. The van der Waals surface area contributed by atoms with Crippen molar-refractivity contribution in [2.75, 3.05) is 11.9 Å². The molecule has 2 N–H and O–H groups in total. The summed E-state index contributed by atoms with van der Waals surface area (Å²) in [7, 11) is 0. The largest absolute Gasteiger partial charge is 0.388 e. The van der Waals surface area contributed by atoms with Gasteiger partial charge < -0.3 is 10.4 Å². The fraction of sp³-hybridized carbons (Fsp3) is 0.412. The third kappa shape index (κ3) is 5.00. The van der Waals surface area contributed by atoms with E-state index in [1.54, 1.807) is 24.2 Å². The zero-order chi connectivity index (χ0) is 16.0. The predicted molar refractivity (Wildman–Crippen MR) is 92.0 cm³/mol. The zero-order valence-electron chi connectivity index (χ0n) is 13.3. The number of anilines is 1. The Kier molecular flexibility index (Phi) is 5.80. The molecule has 0 radical (unpaired) electrons. The molecule has 0 aliphatic heterocycles. The first-order valence-corrected chi connectivity index (χ1v) is 8.41. The average molecular weight is 317 g/mol. The average Bonchev–Trinajstić information content (AvgIpc) is 2.52.